The maximum atomic E-state index is 4.29. The molecule has 0 unspecified atom stereocenters. The van der Waals surface area contributed by atoms with Crippen LogP contribution in [0.2, 0.25) is 0 Å². The van der Waals surface area contributed by atoms with Crippen LogP contribution in [-0.4, -0.2) is 17.0 Å². The van der Waals surface area contributed by atoms with Crippen LogP contribution in [-0.2, 0) is 0 Å². The lowest BCUT2D eigenvalue weighted by molar-refractivity contribution is 1.16. The summed E-state index contributed by atoms with van der Waals surface area (Å²) in [6.45, 7) is 2.05. The van der Waals surface area contributed by atoms with Gasteiger partial charge >= 0.3 is 0 Å². The Morgan fingerprint density at radius 3 is 2.40 bits per heavy atom. The van der Waals surface area contributed by atoms with Crippen LogP contribution in [0.25, 0.3) is 0 Å². The SMILES string of the molecule is CNSc1cccc(Nc2cc(Nc3cc(C)cc(Br)c3)ncn2)c1. The zero-order chi connectivity index (χ0) is 17.6. The minimum Gasteiger partial charge on any atom is -0.340 e. The fourth-order valence-corrected chi connectivity index (χ4v) is 3.53. The van der Waals surface area contributed by atoms with E-state index in [4.69, 9.17) is 0 Å². The van der Waals surface area contributed by atoms with Crippen molar-refractivity contribution in [1.29, 1.82) is 0 Å². The Balaban J connectivity index is 1.76. The Labute approximate surface area is 159 Å². The maximum Gasteiger partial charge on any atom is 0.135 e. The van der Waals surface area contributed by atoms with Crippen LogP contribution in [0, 0.1) is 6.92 Å². The summed E-state index contributed by atoms with van der Waals surface area (Å²) in [5, 5.41) is 6.62. The van der Waals surface area contributed by atoms with Crippen molar-refractivity contribution in [2.45, 2.75) is 11.8 Å². The van der Waals surface area contributed by atoms with E-state index in [1.54, 1.807) is 18.3 Å². The molecule has 0 fully saturated rings. The van der Waals surface area contributed by atoms with Crippen molar-refractivity contribution in [3.8, 4) is 0 Å². The van der Waals surface area contributed by atoms with E-state index < -0.39 is 0 Å². The predicted molar refractivity (Wildman–Crippen MR) is 109 cm³/mol. The van der Waals surface area contributed by atoms with Crippen LogP contribution in [0.5, 0.6) is 0 Å². The molecule has 0 aliphatic heterocycles. The van der Waals surface area contributed by atoms with Crippen LogP contribution in [0.3, 0.4) is 0 Å². The number of halogens is 1. The highest BCUT2D eigenvalue weighted by Crippen LogP contribution is 2.24. The lowest BCUT2D eigenvalue weighted by atomic mass is 10.2. The fraction of sp³-hybridized carbons (Fsp3) is 0.111. The van der Waals surface area contributed by atoms with Gasteiger partial charge in [-0.15, -0.1) is 0 Å². The first-order chi connectivity index (χ1) is 12.1. The van der Waals surface area contributed by atoms with Gasteiger partial charge in [-0.05, 0) is 67.9 Å². The Morgan fingerprint density at radius 2 is 1.68 bits per heavy atom. The molecule has 0 spiro atoms. The lowest BCUT2D eigenvalue weighted by Gasteiger charge is -2.10. The highest BCUT2D eigenvalue weighted by Gasteiger charge is 2.03. The van der Waals surface area contributed by atoms with Gasteiger partial charge in [0.25, 0.3) is 0 Å². The molecule has 3 rings (SSSR count). The van der Waals surface area contributed by atoms with Crippen molar-refractivity contribution in [2.75, 3.05) is 17.7 Å². The number of benzene rings is 2. The van der Waals surface area contributed by atoms with Crippen molar-refractivity contribution < 1.29 is 0 Å². The Bertz CT molecular complexity index is 851. The third-order valence-electron chi connectivity index (χ3n) is 3.31. The summed E-state index contributed by atoms with van der Waals surface area (Å²) in [4.78, 5) is 9.71. The fourth-order valence-electron chi connectivity index (χ4n) is 2.35. The van der Waals surface area contributed by atoms with Gasteiger partial charge in [-0.2, -0.15) is 0 Å². The standard InChI is InChI=1S/C18H18BrN5S/c1-12-6-13(19)8-15(7-12)24-18-10-17(21-11-22-18)23-14-4-3-5-16(9-14)25-20-2/h3-11,20H,1-2H3,(H2,21,22,23,24). The molecule has 0 aliphatic carbocycles. The average Bonchev–Trinajstić information content (AvgIpc) is 2.55. The molecule has 1 heterocycles. The number of nitrogens with zero attached hydrogens (tertiary/aromatic N) is 2. The van der Waals surface area contributed by atoms with Gasteiger partial charge in [0, 0.05) is 26.8 Å². The average molecular weight is 416 g/mol. The molecule has 7 heteroatoms. The van der Waals surface area contributed by atoms with Crippen molar-refractivity contribution in [2.24, 2.45) is 0 Å². The van der Waals surface area contributed by atoms with E-state index in [1.165, 1.54) is 5.56 Å². The van der Waals surface area contributed by atoms with E-state index in [1.807, 2.05) is 31.3 Å². The minimum atomic E-state index is 0.732. The number of anilines is 4. The van der Waals surface area contributed by atoms with Gasteiger partial charge in [0.15, 0.2) is 0 Å². The second-order valence-electron chi connectivity index (χ2n) is 5.39. The molecule has 25 heavy (non-hydrogen) atoms. The van der Waals surface area contributed by atoms with Gasteiger partial charge in [-0.1, -0.05) is 22.0 Å². The van der Waals surface area contributed by atoms with Gasteiger partial charge in [-0.3, -0.25) is 4.72 Å². The molecule has 0 amide bonds. The molecule has 0 radical (unpaired) electrons. The first-order valence-electron chi connectivity index (χ1n) is 7.69. The largest absolute Gasteiger partial charge is 0.340 e. The molecular weight excluding hydrogens is 398 g/mol. The summed E-state index contributed by atoms with van der Waals surface area (Å²) in [5.41, 5.74) is 3.12. The summed E-state index contributed by atoms with van der Waals surface area (Å²) in [6.07, 6.45) is 1.54. The van der Waals surface area contributed by atoms with Crippen molar-refractivity contribution in [3.05, 3.63) is 64.9 Å². The van der Waals surface area contributed by atoms with Crippen LogP contribution < -0.4 is 15.4 Å². The van der Waals surface area contributed by atoms with E-state index in [0.29, 0.717) is 0 Å². The van der Waals surface area contributed by atoms with Gasteiger partial charge in [0.2, 0.25) is 0 Å². The summed E-state index contributed by atoms with van der Waals surface area (Å²) in [6, 6.07) is 16.2. The van der Waals surface area contributed by atoms with Crippen LogP contribution in [0.4, 0.5) is 23.0 Å². The van der Waals surface area contributed by atoms with Crippen molar-refractivity contribution >= 4 is 50.9 Å². The minimum absolute atomic E-state index is 0.732. The molecule has 5 nitrogen and oxygen atoms in total. The van der Waals surface area contributed by atoms with Gasteiger partial charge in [0.05, 0.1) is 0 Å². The first-order valence-corrected chi connectivity index (χ1v) is 9.30. The van der Waals surface area contributed by atoms with Crippen LogP contribution in [0.15, 0.2) is 64.2 Å². The maximum absolute atomic E-state index is 4.29. The third kappa shape index (κ3) is 5.19. The monoisotopic (exact) mass is 415 g/mol. The van der Waals surface area contributed by atoms with Crippen LogP contribution in [0.1, 0.15) is 5.56 Å². The Hall–Kier alpha value is -2.09. The zero-order valence-electron chi connectivity index (χ0n) is 13.9. The molecule has 3 N–H and O–H groups in total. The topological polar surface area (TPSA) is 61.9 Å². The molecule has 0 bridgehead atoms. The summed E-state index contributed by atoms with van der Waals surface area (Å²) < 4.78 is 4.10. The van der Waals surface area contributed by atoms with Crippen molar-refractivity contribution in [1.82, 2.24) is 14.7 Å². The smallest absolute Gasteiger partial charge is 0.135 e. The summed E-state index contributed by atoms with van der Waals surface area (Å²) in [5.74, 6) is 1.46. The van der Waals surface area contributed by atoms with E-state index >= 15 is 0 Å². The molecule has 3 aromatic rings. The van der Waals surface area contributed by atoms with Crippen LogP contribution >= 0.6 is 27.9 Å². The highest BCUT2D eigenvalue weighted by molar-refractivity contribution is 9.10. The second kappa shape index (κ2) is 8.33. The van der Waals surface area contributed by atoms with Gasteiger partial charge < -0.3 is 10.6 Å². The van der Waals surface area contributed by atoms with Gasteiger partial charge in [0.1, 0.15) is 18.0 Å². The molecule has 0 saturated heterocycles. The Morgan fingerprint density at radius 1 is 0.920 bits per heavy atom. The number of hydrogen-bond acceptors (Lipinski definition) is 6. The van der Waals surface area contributed by atoms with E-state index in [-0.39, 0.29) is 0 Å². The highest BCUT2D eigenvalue weighted by atomic mass is 79.9. The normalized spacial score (nSPS) is 10.5. The second-order valence-corrected chi connectivity index (χ2v) is 7.39. The van der Waals surface area contributed by atoms with Crippen molar-refractivity contribution in [3.63, 3.8) is 0 Å². The lowest BCUT2D eigenvalue weighted by Crippen LogP contribution is -1.99. The van der Waals surface area contributed by atoms with Gasteiger partial charge in [-0.25, -0.2) is 9.97 Å². The number of nitrogens with one attached hydrogen (secondary N) is 3. The molecule has 1 aromatic heterocycles. The molecule has 0 atom stereocenters. The predicted octanol–water partition coefficient (Wildman–Crippen LogP) is 5.26. The molecule has 0 aliphatic rings. The summed E-state index contributed by atoms with van der Waals surface area (Å²) >= 11 is 5.08. The molecule has 128 valence electrons. The molecular formula is C18H18BrN5S. The first kappa shape index (κ1) is 17.7. The number of hydrogen-bond donors (Lipinski definition) is 3. The number of aromatic nitrogens is 2. The quantitative estimate of drug-likeness (QED) is 0.477. The number of aryl methyl sites for hydroxylation is 1. The van der Waals surface area contributed by atoms with E-state index in [0.717, 1.165) is 32.4 Å². The van der Waals surface area contributed by atoms with E-state index in [2.05, 4.69) is 72.4 Å². The number of rotatable bonds is 6. The Kier molecular flexibility index (Phi) is 5.91. The molecule has 2 aromatic carbocycles. The third-order valence-corrected chi connectivity index (χ3v) is 4.46. The zero-order valence-corrected chi connectivity index (χ0v) is 16.3. The summed E-state index contributed by atoms with van der Waals surface area (Å²) in [7, 11) is 1.90. The van der Waals surface area contributed by atoms with E-state index in [9.17, 15) is 0 Å². The molecule has 0 saturated carbocycles.